The van der Waals surface area contributed by atoms with E-state index in [0.717, 1.165) is 6.42 Å². The Morgan fingerprint density at radius 2 is 1.89 bits per heavy atom. The van der Waals surface area contributed by atoms with Crippen molar-refractivity contribution in [1.29, 1.82) is 0 Å². The number of carbonyl (C=O) groups excluding carboxylic acids is 2. The van der Waals surface area contributed by atoms with E-state index in [-0.39, 0.29) is 42.1 Å². The fourth-order valence-electron chi connectivity index (χ4n) is 3.69. The average Bonchev–Trinajstić information content (AvgIpc) is 3.07. The first-order chi connectivity index (χ1) is 9.19. The van der Waals surface area contributed by atoms with Crippen LogP contribution in [0, 0.1) is 23.7 Å². The molecule has 4 nitrogen and oxygen atoms in total. The highest BCUT2D eigenvalue weighted by atomic mass is 16.2. The van der Waals surface area contributed by atoms with Gasteiger partial charge in [-0.1, -0.05) is 30.4 Å². The summed E-state index contributed by atoms with van der Waals surface area (Å²) in [6, 6.07) is -0.447. The van der Waals surface area contributed by atoms with E-state index in [0.29, 0.717) is 0 Å². The summed E-state index contributed by atoms with van der Waals surface area (Å²) < 4.78 is 0. The number of hydrogen-bond acceptors (Lipinski definition) is 3. The fraction of sp³-hybridized carbons (Fsp3) is 0.467. The molecule has 19 heavy (non-hydrogen) atoms. The molecule has 0 radical (unpaired) electrons. The van der Waals surface area contributed by atoms with Crippen LogP contribution in [0.2, 0.25) is 0 Å². The predicted molar refractivity (Wildman–Crippen MR) is 69.8 cm³/mol. The highest BCUT2D eigenvalue weighted by Gasteiger charge is 2.59. The molecule has 1 aliphatic heterocycles. The lowest BCUT2D eigenvalue weighted by atomic mass is 9.85. The highest BCUT2D eigenvalue weighted by Crippen LogP contribution is 2.52. The summed E-state index contributed by atoms with van der Waals surface area (Å²) >= 11 is 0. The van der Waals surface area contributed by atoms with E-state index in [9.17, 15) is 9.59 Å². The van der Waals surface area contributed by atoms with Crippen LogP contribution in [-0.4, -0.2) is 34.5 Å². The summed E-state index contributed by atoms with van der Waals surface area (Å²) in [5.41, 5.74) is 0. The molecule has 2 aliphatic carbocycles. The fourth-order valence-corrected chi connectivity index (χ4v) is 3.69. The molecule has 3 aliphatic rings. The number of likely N-dealkylation sites (tertiary alicyclic amines) is 1. The van der Waals surface area contributed by atoms with Crippen LogP contribution in [0.3, 0.4) is 0 Å². The SMILES string of the molecule is C=CC(C=CCO)N1C(=O)C2C3C=CC(C3)C2C1=O. The van der Waals surface area contributed by atoms with Crippen LogP contribution >= 0.6 is 0 Å². The monoisotopic (exact) mass is 259 g/mol. The van der Waals surface area contributed by atoms with Crippen LogP contribution < -0.4 is 0 Å². The molecule has 0 aromatic heterocycles. The predicted octanol–water partition coefficient (Wildman–Crippen LogP) is 0.897. The van der Waals surface area contributed by atoms with Gasteiger partial charge in [0.25, 0.3) is 0 Å². The van der Waals surface area contributed by atoms with E-state index in [1.165, 1.54) is 11.0 Å². The summed E-state index contributed by atoms with van der Waals surface area (Å²) in [5, 5.41) is 8.82. The first-order valence-electron chi connectivity index (χ1n) is 6.64. The third-order valence-electron chi connectivity index (χ3n) is 4.48. The second-order valence-corrected chi connectivity index (χ2v) is 5.38. The maximum absolute atomic E-state index is 12.5. The van der Waals surface area contributed by atoms with Gasteiger partial charge in [-0.05, 0) is 18.3 Å². The standard InChI is InChI=1S/C15H17NO3/c1-2-11(4-3-7-17)16-14(18)12-9-5-6-10(8-9)13(12)15(16)19/h2-6,9-13,17H,1,7-8H2. The van der Waals surface area contributed by atoms with E-state index in [2.05, 4.69) is 18.7 Å². The van der Waals surface area contributed by atoms with Gasteiger partial charge in [0.15, 0.2) is 0 Å². The number of carbonyl (C=O) groups is 2. The van der Waals surface area contributed by atoms with Crippen molar-refractivity contribution in [2.75, 3.05) is 6.61 Å². The third kappa shape index (κ3) is 1.63. The minimum atomic E-state index is -0.447. The van der Waals surface area contributed by atoms with Gasteiger partial charge in [0.1, 0.15) is 0 Å². The van der Waals surface area contributed by atoms with Gasteiger partial charge in [-0.15, -0.1) is 6.58 Å². The second kappa shape index (κ2) is 4.46. The van der Waals surface area contributed by atoms with Gasteiger partial charge in [0, 0.05) is 0 Å². The van der Waals surface area contributed by atoms with Crippen LogP contribution in [0.25, 0.3) is 0 Å². The average molecular weight is 259 g/mol. The Hall–Kier alpha value is -1.68. The first-order valence-corrected chi connectivity index (χ1v) is 6.64. The van der Waals surface area contributed by atoms with Gasteiger partial charge in [-0.25, -0.2) is 0 Å². The van der Waals surface area contributed by atoms with Gasteiger partial charge in [0.05, 0.1) is 24.5 Å². The zero-order valence-corrected chi connectivity index (χ0v) is 10.6. The molecule has 5 unspecified atom stereocenters. The third-order valence-corrected chi connectivity index (χ3v) is 4.48. The molecule has 0 aromatic carbocycles. The summed E-state index contributed by atoms with van der Waals surface area (Å²) in [6.07, 6.45) is 9.84. The zero-order chi connectivity index (χ0) is 13.6. The number of aliphatic hydroxyl groups is 1. The lowest BCUT2D eigenvalue weighted by Gasteiger charge is -2.22. The number of imide groups is 1. The molecule has 1 saturated heterocycles. The van der Waals surface area contributed by atoms with Crippen molar-refractivity contribution in [2.45, 2.75) is 12.5 Å². The Labute approximate surface area is 112 Å². The summed E-state index contributed by atoms with van der Waals surface area (Å²) in [7, 11) is 0. The molecule has 1 saturated carbocycles. The number of fused-ring (bicyclic) bond motifs is 5. The number of nitrogens with zero attached hydrogens (tertiary/aromatic N) is 1. The molecule has 2 bridgehead atoms. The minimum absolute atomic E-state index is 0.0839. The molecule has 3 rings (SSSR count). The molecule has 1 N–H and O–H groups in total. The number of hydrogen-bond donors (Lipinski definition) is 1. The maximum atomic E-state index is 12.5. The topological polar surface area (TPSA) is 57.6 Å². The largest absolute Gasteiger partial charge is 0.392 e. The molecule has 5 atom stereocenters. The van der Waals surface area contributed by atoms with Gasteiger partial charge in [-0.2, -0.15) is 0 Å². The van der Waals surface area contributed by atoms with Crippen LogP contribution in [0.5, 0.6) is 0 Å². The Kier molecular flexibility index (Phi) is 2.90. The van der Waals surface area contributed by atoms with Crippen molar-refractivity contribution in [1.82, 2.24) is 4.90 Å². The number of rotatable bonds is 4. The van der Waals surface area contributed by atoms with Crippen LogP contribution in [0.15, 0.2) is 37.0 Å². The van der Waals surface area contributed by atoms with E-state index in [1.807, 2.05) is 0 Å². The normalized spacial score (nSPS) is 37.4. The van der Waals surface area contributed by atoms with Crippen molar-refractivity contribution in [3.63, 3.8) is 0 Å². The lowest BCUT2D eigenvalue weighted by Crippen LogP contribution is -2.39. The quantitative estimate of drug-likeness (QED) is 0.602. The molecule has 1 heterocycles. The van der Waals surface area contributed by atoms with Gasteiger partial charge < -0.3 is 5.11 Å². The van der Waals surface area contributed by atoms with Crippen molar-refractivity contribution < 1.29 is 14.7 Å². The Bertz CT molecular complexity index is 464. The van der Waals surface area contributed by atoms with Crippen LogP contribution in [0.4, 0.5) is 0 Å². The molecule has 2 amide bonds. The minimum Gasteiger partial charge on any atom is -0.392 e. The van der Waals surface area contributed by atoms with Gasteiger partial charge in [-0.3, -0.25) is 14.5 Å². The molecular weight excluding hydrogens is 242 g/mol. The molecule has 100 valence electrons. The van der Waals surface area contributed by atoms with E-state index in [1.54, 1.807) is 12.2 Å². The van der Waals surface area contributed by atoms with Crippen LogP contribution in [-0.2, 0) is 9.59 Å². The van der Waals surface area contributed by atoms with E-state index >= 15 is 0 Å². The van der Waals surface area contributed by atoms with Crippen molar-refractivity contribution in [2.24, 2.45) is 23.7 Å². The number of allylic oxidation sites excluding steroid dienone is 2. The highest BCUT2D eigenvalue weighted by molar-refractivity contribution is 6.07. The maximum Gasteiger partial charge on any atom is 0.234 e. The Balaban J connectivity index is 1.89. The van der Waals surface area contributed by atoms with Crippen LogP contribution in [0.1, 0.15) is 6.42 Å². The zero-order valence-electron chi connectivity index (χ0n) is 10.6. The van der Waals surface area contributed by atoms with E-state index < -0.39 is 6.04 Å². The molecule has 0 aromatic rings. The molecule has 2 fully saturated rings. The van der Waals surface area contributed by atoms with Gasteiger partial charge in [0.2, 0.25) is 11.8 Å². The van der Waals surface area contributed by atoms with Crippen molar-refractivity contribution in [3.05, 3.63) is 37.0 Å². The lowest BCUT2D eigenvalue weighted by molar-refractivity contribution is -0.141. The summed E-state index contributed by atoms with van der Waals surface area (Å²) in [4.78, 5) is 26.3. The Morgan fingerprint density at radius 3 is 2.37 bits per heavy atom. The second-order valence-electron chi connectivity index (χ2n) is 5.38. The molecule has 4 heteroatoms. The molecule has 0 spiro atoms. The van der Waals surface area contributed by atoms with Gasteiger partial charge >= 0.3 is 0 Å². The Morgan fingerprint density at radius 1 is 1.32 bits per heavy atom. The smallest absolute Gasteiger partial charge is 0.234 e. The van der Waals surface area contributed by atoms with Crippen molar-refractivity contribution in [3.8, 4) is 0 Å². The van der Waals surface area contributed by atoms with Crippen molar-refractivity contribution >= 4 is 11.8 Å². The summed E-state index contributed by atoms with van der Waals surface area (Å²) in [6.45, 7) is 3.57. The van der Waals surface area contributed by atoms with E-state index in [4.69, 9.17) is 5.11 Å². The number of aliphatic hydroxyl groups excluding tert-OH is 1. The first kappa shape index (κ1) is 12.4. The molecular formula is C15H17NO3. The summed E-state index contributed by atoms with van der Waals surface area (Å²) in [5.74, 6) is -0.0638. The number of amides is 2.